The van der Waals surface area contributed by atoms with E-state index in [0.717, 1.165) is 27.6 Å². The van der Waals surface area contributed by atoms with Crippen LogP contribution in [0.1, 0.15) is 51.8 Å². The summed E-state index contributed by atoms with van der Waals surface area (Å²) in [5, 5.41) is 29.9. The van der Waals surface area contributed by atoms with Crippen LogP contribution < -0.4 is 10.9 Å². The van der Waals surface area contributed by atoms with E-state index < -0.39 is 53.5 Å². The van der Waals surface area contributed by atoms with Gasteiger partial charge in [0.05, 0.1) is 24.0 Å². The fraction of sp³-hybridized carbons (Fsp3) is 0.250. The molecule has 0 aliphatic carbocycles. The lowest BCUT2D eigenvalue weighted by atomic mass is 9.80. The normalized spacial score (nSPS) is 12.8. The minimum atomic E-state index is -2.69. The summed E-state index contributed by atoms with van der Waals surface area (Å²) in [6.07, 6.45) is 2.26. The number of carbonyl (C=O) groups is 1. The van der Waals surface area contributed by atoms with Gasteiger partial charge in [0.1, 0.15) is 30.1 Å². The van der Waals surface area contributed by atoms with Gasteiger partial charge in [0, 0.05) is 25.1 Å². The second kappa shape index (κ2) is 10.6. The molecular weight excluding hydrogens is 507 g/mol. The average Bonchev–Trinajstić information content (AvgIpc) is 3.55. The minimum Gasteiger partial charge on any atom is -0.501 e. The van der Waals surface area contributed by atoms with Gasteiger partial charge < -0.3 is 14.9 Å². The highest BCUT2D eigenvalue weighted by atomic mass is 19.3. The molecule has 1 aromatic carbocycles. The molecule has 3 aromatic heterocycles. The molecular formula is C24H20F3N7O4. The predicted molar refractivity (Wildman–Crippen MR) is 125 cm³/mol. The molecule has 0 saturated carbocycles. The Morgan fingerprint density at radius 1 is 1.32 bits per heavy atom. The Bertz CT molecular complexity index is 1570. The molecule has 0 saturated heterocycles. The quantitative estimate of drug-likeness (QED) is 0.355. The van der Waals surface area contributed by atoms with E-state index in [2.05, 4.69) is 25.1 Å². The molecule has 0 fully saturated rings. The maximum absolute atomic E-state index is 14.4. The molecule has 0 radical (unpaired) electrons. The maximum Gasteiger partial charge on any atom is 0.296 e. The number of hydrogen-bond donors (Lipinski definition) is 2. The van der Waals surface area contributed by atoms with Crippen LogP contribution in [0.2, 0.25) is 0 Å². The van der Waals surface area contributed by atoms with Crippen LogP contribution in [0, 0.1) is 17.1 Å². The maximum atomic E-state index is 14.4. The summed E-state index contributed by atoms with van der Waals surface area (Å²) in [5.74, 6) is -4.28. The number of alkyl halides is 2. The van der Waals surface area contributed by atoms with Gasteiger partial charge in [-0.05, 0) is 29.3 Å². The summed E-state index contributed by atoms with van der Waals surface area (Å²) in [4.78, 5) is 29.9. The van der Waals surface area contributed by atoms with Gasteiger partial charge in [-0.15, -0.1) is 0 Å². The van der Waals surface area contributed by atoms with Gasteiger partial charge in [-0.1, -0.05) is 12.1 Å². The Kier molecular flexibility index (Phi) is 7.28. The first-order valence-corrected chi connectivity index (χ1v) is 11.1. The summed E-state index contributed by atoms with van der Waals surface area (Å²) in [6.45, 7) is 0.903. The Morgan fingerprint density at radius 3 is 2.74 bits per heavy atom. The smallest absolute Gasteiger partial charge is 0.296 e. The van der Waals surface area contributed by atoms with Crippen LogP contribution in [0.5, 0.6) is 5.75 Å². The summed E-state index contributed by atoms with van der Waals surface area (Å²) < 4.78 is 47.0. The third-order valence-corrected chi connectivity index (χ3v) is 5.92. The number of aromatic hydroxyl groups is 1. The van der Waals surface area contributed by atoms with Crippen LogP contribution in [0.15, 0.2) is 52.4 Å². The van der Waals surface area contributed by atoms with Gasteiger partial charge in [-0.25, -0.2) is 18.2 Å². The van der Waals surface area contributed by atoms with Crippen LogP contribution in [-0.4, -0.2) is 41.9 Å². The van der Waals surface area contributed by atoms with E-state index in [0.29, 0.717) is 5.56 Å². The zero-order chi connectivity index (χ0) is 27.6. The van der Waals surface area contributed by atoms with Gasteiger partial charge in [0.15, 0.2) is 5.69 Å². The molecule has 38 heavy (non-hydrogen) atoms. The molecule has 0 unspecified atom stereocenters. The summed E-state index contributed by atoms with van der Waals surface area (Å²) in [5.41, 5.74) is -0.770. The molecule has 4 aromatic rings. The first-order chi connectivity index (χ1) is 18.1. The van der Waals surface area contributed by atoms with Crippen molar-refractivity contribution in [2.45, 2.75) is 31.7 Å². The Balaban J connectivity index is 1.87. The molecule has 4 rings (SSSR count). The second-order valence-electron chi connectivity index (χ2n) is 8.40. The van der Waals surface area contributed by atoms with Gasteiger partial charge in [0.2, 0.25) is 5.75 Å². The highest BCUT2D eigenvalue weighted by Gasteiger charge is 2.32. The summed E-state index contributed by atoms with van der Waals surface area (Å²) in [7, 11) is 1.32. The Hall–Kier alpha value is -4.93. The van der Waals surface area contributed by atoms with Crippen molar-refractivity contribution in [3.05, 3.63) is 87.4 Å². The molecule has 2 atom stereocenters. The molecule has 0 spiro atoms. The van der Waals surface area contributed by atoms with Gasteiger partial charge in [-0.2, -0.15) is 10.4 Å². The molecule has 3 heterocycles. The van der Waals surface area contributed by atoms with Crippen molar-refractivity contribution in [1.29, 1.82) is 5.26 Å². The number of nitrogens with zero attached hydrogens (tertiary/aromatic N) is 6. The minimum absolute atomic E-state index is 0.0111. The lowest BCUT2D eigenvalue weighted by Crippen LogP contribution is -2.29. The summed E-state index contributed by atoms with van der Waals surface area (Å²) in [6, 6.07) is 5.49. The van der Waals surface area contributed by atoms with Crippen molar-refractivity contribution in [1.82, 2.24) is 24.5 Å². The topological polar surface area (TPSA) is 152 Å². The summed E-state index contributed by atoms with van der Waals surface area (Å²) >= 11 is 0. The van der Waals surface area contributed by atoms with Crippen LogP contribution >= 0.6 is 0 Å². The van der Waals surface area contributed by atoms with E-state index in [4.69, 9.17) is 0 Å². The number of nitrogens with one attached hydrogen (secondary N) is 1. The van der Waals surface area contributed by atoms with Crippen LogP contribution in [0.4, 0.5) is 18.9 Å². The highest BCUT2D eigenvalue weighted by molar-refractivity contribution is 6.04. The van der Waals surface area contributed by atoms with Crippen LogP contribution in [0.25, 0.3) is 0 Å². The van der Waals surface area contributed by atoms with Crippen molar-refractivity contribution in [3.63, 3.8) is 0 Å². The van der Waals surface area contributed by atoms with Gasteiger partial charge >= 0.3 is 0 Å². The molecule has 0 aliphatic heterocycles. The lowest BCUT2D eigenvalue weighted by Gasteiger charge is -2.26. The zero-order valence-electron chi connectivity index (χ0n) is 20.0. The van der Waals surface area contributed by atoms with E-state index >= 15 is 0 Å². The van der Waals surface area contributed by atoms with Gasteiger partial charge in [-0.3, -0.25) is 18.8 Å². The molecule has 14 heteroatoms. The fourth-order valence-electron chi connectivity index (χ4n) is 4.19. The highest BCUT2D eigenvalue weighted by Crippen LogP contribution is 2.39. The van der Waals surface area contributed by atoms with Crippen LogP contribution in [0.3, 0.4) is 0 Å². The van der Waals surface area contributed by atoms with Crippen molar-refractivity contribution >= 4 is 11.6 Å². The van der Waals surface area contributed by atoms with Gasteiger partial charge in [0.25, 0.3) is 17.9 Å². The van der Waals surface area contributed by atoms with Crippen molar-refractivity contribution < 1.29 is 27.6 Å². The van der Waals surface area contributed by atoms with E-state index in [1.54, 1.807) is 6.92 Å². The number of amides is 1. The van der Waals surface area contributed by atoms with Crippen molar-refractivity contribution in [3.8, 4) is 11.8 Å². The fourth-order valence-corrected chi connectivity index (χ4v) is 4.19. The molecule has 11 nitrogen and oxygen atoms in total. The van der Waals surface area contributed by atoms with Crippen LogP contribution in [-0.2, 0) is 13.6 Å². The number of hydrogen-bond acceptors (Lipinski definition) is 8. The average molecular weight is 527 g/mol. The standard InChI is InChI=1S/C24H20F3N7O4/c1-12(22-32-20(21(35)24(37)33(22)2)23(36)31-16-8-30-38-11-16)19(14-7-29-34(9-14)10-18(26)27)17-5-15(25)4-3-13(17)6-28/h3-5,7-9,11-12,18-19,35H,10H2,1-2H3,(H,31,36)/t12-,19+/m1/s1. The number of aromatic nitrogens is 5. The molecule has 196 valence electrons. The van der Waals surface area contributed by atoms with Crippen molar-refractivity contribution in [2.75, 3.05) is 5.32 Å². The first kappa shape index (κ1) is 26.1. The second-order valence-corrected chi connectivity index (χ2v) is 8.40. The van der Waals surface area contributed by atoms with E-state index in [1.807, 2.05) is 6.07 Å². The number of nitriles is 1. The predicted octanol–water partition coefficient (Wildman–Crippen LogP) is 3.13. The molecule has 0 bridgehead atoms. The molecule has 2 N–H and O–H groups in total. The number of rotatable bonds is 8. The van der Waals surface area contributed by atoms with E-state index in [-0.39, 0.29) is 22.6 Å². The lowest BCUT2D eigenvalue weighted by molar-refractivity contribution is 0.101. The molecule has 0 aliphatic rings. The van der Waals surface area contributed by atoms with E-state index in [1.165, 1.54) is 31.7 Å². The number of benzene rings is 1. The Morgan fingerprint density at radius 2 is 2.08 bits per heavy atom. The third-order valence-electron chi connectivity index (χ3n) is 5.92. The zero-order valence-corrected chi connectivity index (χ0v) is 20.0. The monoisotopic (exact) mass is 527 g/mol. The number of carbonyl (C=O) groups excluding carboxylic acids is 1. The first-order valence-electron chi connectivity index (χ1n) is 11.1. The number of anilines is 1. The van der Waals surface area contributed by atoms with E-state index in [9.17, 15) is 33.1 Å². The third kappa shape index (κ3) is 5.12. The Labute approximate surface area is 212 Å². The van der Waals surface area contributed by atoms with Crippen molar-refractivity contribution in [2.24, 2.45) is 7.05 Å². The number of halogens is 3. The molecule has 1 amide bonds. The SMILES string of the molecule is C[C@@H](c1nc(C(=O)Nc2cnoc2)c(O)c(=O)n1C)[C@@H](c1cnn(CC(F)F)c1)c1cc(F)ccc1C#N. The largest absolute Gasteiger partial charge is 0.501 e.